The molecular weight excluding hydrogens is 591 g/mol. The summed E-state index contributed by atoms with van der Waals surface area (Å²) < 4.78 is 14.7. The molecule has 3 aliphatic heterocycles. The summed E-state index contributed by atoms with van der Waals surface area (Å²) in [6.07, 6.45) is 3.92. The number of nitrogens with one attached hydrogen (secondary N) is 3. The van der Waals surface area contributed by atoms with Gasteiger partial charge in [-0.2, -0.15) is 0 Å². The van der Waals surface area contributed by atoms with Gasteiger partial charge in [0.15, 0.2) is 5.82 Å². The van der Waals surface area contributed by atoms with E-state index in [1.165, 1.54) is 52.5 Å². The second kappa shape index (κ2) is 12.0. The summed E-state index contributed by atoms with van der Waals surface area (Å²) in [7, 11) is 0. The molecule has 0 radical (unpaired) electrons. The molecule has 0 bridgehead atoms. The fourth-order valence-corrected chi connectivity index (χ4v) is 5.93. The van der Waals surface area contributed by atoms with Crippen LogP contribution in [0.25, 0.3) is 0 Å². The largest absolute Gasteiger partial charge is 0.478 e. The lowest BCUT2D eigenvalue weighted by Gasteiger charge is -2.39. The number of benzene rings is 3. The average molecular weight is 619 g/mol. The van der Waals surface area contributed by atoms with Crippen LogP contribution in [-0.2, 0) is 20.8 Å². The second-order valence-corrected chi connectivity index (χ2v) is 11.0. The van der Waals surface area contributed by atoms with Gasteiger partial charge in [0, 0.05) is 30.9 Å². The van der Waals surface area contributed by atoms with Crippen LogP contribution in [-0.4, -0.2) is 46.8 Å². The zero-order valence-electron chi connectivity index (χ0n) is 23.3. The van der Waals surface area contributed by atoms with Crippen molar-refractivity contribution in [3.05, 3.63) is 100 Å². The Kier molecular flexibility index (Phi) is 7.93. The van der Waals surface area contributed by atoms with E-state index in [2.05, 4.69) is 16.3 Å². The number of fused-ring (bicyclic) bond motifs is 1. The van der Waals surface area contributed by atoms with Crippen LogP contribution in [0.5, 0.6) is 0 Å². The first kappa shape index (κ1) is 29.1. The van der Waals surface area contributed by atoms with Crippen molar-refractivity contribution in [3.63, 3.8) is 0 Å². The number of hydrogen-bond acceptors (Lipinski definition) is 7. The number of carboxylic acids is 1. The molecule has 3 heterocycles. The molecular formula is C31H28ClFN6O5. The molecule has 0 aromatic heterocycles. The van der Waals surface area contributed by atoms with E-state index in [4.69, 9.17) is 11.6 Å². The summed E-state index contributed by atoms with van der Waals surface area (Å²) in [4.78, 5) is 55.2. The molecule has 6 rings (SSSR count). The summed E-state index contributed by atoms with van der Waals surface area (Å²) >= 11 is 5.94. The number of carbonyl (C=O) groups is 4. The maximum atomic E-state index is 14.7. The Morgan fingerprint density at radius 3 is 2.45 bits per heavy atom. The van der Waals surface area contributed by atoms with E-state index >= 15 is 0 Å². The molecule has 226 valence electrons. The Hall–Kier alpha value is -4.94. The SMILES string of the molecule is O=C(O)c1ccc(NC(=O)C2c3cccc(N4CCCCC4=O)c3CCN2C(=O)C2=CN(c3cccc(Cl)c3F)NN2)cc1. The summed E-state index contributed by atoms with van der Waals surface area (Å²) in [5.74, 6) is -2.80. The summed E-state index contributed by atoms with van der Waals surface area (Å²) in [6.45, 7) is 0.731. The van der Waals surface area contributed by atoms with Crippen molar-refractivity contribution in [2.24, 2.45) is 0 Å². The zero-order chi connectivity index (χ0) is 31.0. The van der Waals surface area contributed by atoms with Crippen molar-refractivity contribution in [2.45, 2.75) is 31.7 Å². The molecule has 0 saturated carbocycles. The number of rotatable bonds is 6. The fraction of sp³-hybridized carbons (Fsp3) is 0.226. The Morgan fingerprint density at radius 2 is 1.70 bits per heavy atom. The van der Waals surface area contributed by atoms with E-state index in [1.807, 2.05) is 6.07 Å². The van der Waals surface area contributed by atoms with Crippen molar-refractivity contribution in [1.82, 2.24) is 15.9 Å². The first-order valence-corrected chi connectivity index (χ1v) is 14.4. The van der Waals surface area contributed by atoms with E-state index in [0.717, 1.165) is 24.1 Å². The number of amides is 3. The lowest BCUT2D eigenvalue weighted by Crippen LogP contribution is -2.48. The standard InChI is InChI=1S/C31H28ClFN6O5/c32-22-6-4-8-25(27(22)33)39-17-23(35-36-39)30(42)38-16-14-20-21(5-3-7-24(20)37-15-2-1-9-26(37)40)28(38)29(41)34-19-12-10-18(11-13-19)31(43)44/h3-8,10-13,17,28,35-36H,1-2,9,14-16H2,(H,34,41)(H,43,44). The minimum atomic E-state index is -1.10. The van der Waals surface area contributed by atoms with Crippen LogP contribution in [0, 0.1) is 5.82 Å². The van der Waals surface area contributed by atoms with Crippen LogP contribution in [0.1, 0.15) is 46.8 Å². The monoisotopic (exact) mass is 618 g/mol. The van der Waals surface area contributed by atoms with Gasteiger partial charge in [-0.05, 0) is 72.9 Å². The Morgan fingerprint density at radius 1 is 0.955 bits per heavy atom. The molecule has 1 atom stereocenters. The number of hydrazine groups is 2. The van der Waals surface area contributed by atoms with Crippen molar-refractivity contribution >= 4 is 52.4 Å². The lowest BCUT2D eigenvalue weighted by molar-refractivity contribution is -0.136. The van der Waals surface area contributed by atoms with Crippen molar-refractivity contribution in [1.29, 1.82) is 0 Å². The van der Waals surface area contributed by atoms with Gasteiger partial charge in [-0.15, -0.1) is 5.53 Å². The Bertz CT molecular complexity index is 1700. The van der Waals surface area contributed by atoms with Crippen LogP contribution < -0.4 is 26.2 Å². The number of aromatic carboxylic acids is 1. The van der Waals surface area contributed by atoms with Crippen LogP contribution >= 0.6 is 11.6 Å². The maximum Gasteiger partial charge on any atom is 0.335 e. The van der Waals surface area contributed by atoms with Crippen LogP contribution in [0.4, 0.5) is 21.5 Å². The highest BCUT2D eigenvalue weighted by atomic mass is 35.5. The van der Waals surface area contributed by atoms with Crippen LogP contribution in [0.15, 0.2) is 72.6 Å². The minimum Gasteiger partial charge on any atom is -0.478 e. The third-order valence-electron chi connectivity index (χ3n) is 7.91. The Balaban J connectivity index is 1.35. The normalized spacial score (nSPS) is 18.0. The molecule has 44 heavy (non-hydrogen) atoms. The molecule has 3 aromatic carbocycles. The molecule has 4 N–H and O–H groups in total. The van der Waals surface area contributed by atoms with E-state index < -0.39 is 29.6 Å². The van der Waals surface area contributed by atoms with E-state index in [0.29, 0.717) is 30.6 Å². The second-order valence-electron chi connectivity index (χ2n) is 10.6. The number of anilines is 3. The molecule has 1 fully saturated rings. The topological polar surface area (TPSA) is 134 Å². The maximum absolute atomic E-state index is 14.7. The molecule has 3 amide bonds. The number of hydrogen-bond donors (Lipinski definition) is 4. The fourth-order valence-electron chi connectivity index (χ4n) is 5.76. The number of nitrogens with zero attached hydrogens (tertiary/aromatic N) is 3. The van der Waals surface area contributed by atoms with Crippen molar-refractivity contribution < 1.29 is 28.7 Å². The molecule has 3 aromatic rings. The van der Waals surface area contributed by atoms with E-state index in [-0.39, 0.29) is 34.4 Å². The van der Waals surface area contributed by atoms with Gasteiger partial charge < -0.3 is 20.2 Å². The highest BCUT2D eigenvalue weighted by Gasteiger charge is 2.40. The van der Waals surface area contributed by atoms with Crippen molar-refractivity contribution in [3.8, 4) is 0 Å². The summed E-state index contributed by atoms with van der Waals surface area (Å²) in [5, 5.41) is 13.3. The molecule has 11 nitrogen and oxygen atoms in total. The summed E-state index contributed by atoms with van der Waals surface area (Å²) in [5.41, 5.74) is 8.18. The number of carboxylic acid groups (broad SMARTS) is 1. The molecule has 13 heteroatoms. The quantitative estimate of drug-likeness (QED) is 0.324. The lowest BCUT2D eigenvalue weighted by atomic mass is 9.89. The Labute approximate surface area is 256 Å². The molecule has 3 aliphatic rings. The van der Waals surface area contributed by atoms with Gasteiger partial charge in [-0.3, -0.25) is 24.8 Å². The van der Waals surface area contributed by atoms with Gasteiger partial charge in [0.2, 0.25) is 5.91 Å². The number of piperidine rings is 1. The predicted octanol–water partition coefficient (Wildman–Crippen LogP) is 4.13. The van der Waals surface area contributed by atoms with E-state index in [9.17, 15) is 28.7 Å². The van der Waals surface area contributed by atoms with Gasteiger partial charge in [0.05, 0.1) is 22.5 Å². The third kappa shape index (κ3) is 5.45. The van der Waals surface area contributed by atoms with Gasteiger partial charge >= 0.3 is 5.97 Å². The molecule has 0 spiro atoms. The molecule has 1 unspecified atom stereocenters. The number of carbonyl (C=O) groups excluding carboxylic acids is 3. The smallest absolute Gasteiger partial charge is 0.335 e. The van der Waals surface area contributed by atoms with Gasteiger partial charge in [-0.1, -0.05) is 29.8 Å². The van der Waals surface area contributed by atoms with Gasteiger partial charge in [0.25, 0.3) is 11.8 Å². The van der Waals surface area contributed by atoms with Crippen LogP contribution in [0.2, 0.25) is 5.02 Å². The number of halogens is 2. The van der Waals surface area contributed by atoms with Gasteiger partial charge in [0.1, 0.15) is 11.7 Å². The van der Waals surface area contributed by atoms with Crippen LogP contribution in [0.3, 0.4) is 0 Å². The third-order valence-corrected chi connectivity index (χ3v) is 8.20. The van der Waals surface area contributed by atoms with Gasteiger partial charge in [-0.25, -0.2) is 9.18 Å². The highest BCUT2D eigenvalue weighted by Crippen LogP contribution is 2.38. The first-order valence-electron chi connectivity index (χ1n) is 14.1. The predicted molar refractivity (Wildman–Crippen MR) is 161 cm³/mol. The molecule has 1 saturated heterocycles. The molecule has 0 aliphatic carbocycles. The van der Waals surface area contributed by atoms with E-state index in [1.54, 1.807) is 23.1 Å². The zero-order valence-corrected chi connectivity index (χ0v) is 24.1. The average Bonchev–Trinajstić information content (AvgIpc) is 3.52. The summed E-state index contributed by atoms with van der Waals surface area (Å²) in [6, 6.07) is 14.5. The minimum absolute atomic E-state index is 0.0161. The first-order chi connectivity index (χ1) is 21.2. The highest BCUT2D eigenvalue weighted by molar-refractivity contribution is 6.31. The van der Waals surface area contributed by atoms with Crippen molar-refractivity contribution in [2.75, 3.05) is 28.3 Å².